The number of rotatable bonds is 6. The average molecular weight is 414 g/mol. The molecule has 0 aliphatic heterocycles. The molecule has 0 radical (unpaired) electrons. The number of anilines is 2. The second-order valence-electron chi connectivity index (χ2n) is 6.09. The van der Waals surface area contributed by atoms with E-state index < -0.39 is 11.7 Å². The van der Waals surface area contributed by atoms with Gasteiger partial charge in [-0.2, -0.15) is 0 Å². The molecule has 6 nitrogen and oxygen atoms in total. The minimum Gasteiger partial charge on any atom is -0.495 e. The molecule has 1 heterocycles. The quantitative estimate of drug-likeness (QED) is 0.590. The Hall–Kier alpha value is -3.45. The number of halogens is 2. The summed E-state index contributed by atoms with van der Waals surface area (Å²) in [5, 5.41) is 5.77. The average Bonchev–Trinajstić information content (AvgIpc) is 2.70. The molecule has 29 heavy (non-hydrogen) atoms. The Balaban J connectivity index is 1.73. The van der Waals surface area contributed by atoms with Crippen molar-refractivity contribution in [3.8, 4) is 5.75 Å². The molecular formula is C21H17ClFN3O3. The van der Waals surface area contributed by atoms with Crippen LogP contribution in [0.2, 0.25) is 5.15 Å². The maximum absolute atomic E-state index is 13.4. The number of carbonyl (C=O) groups excluding carboxylic acids is 2. The van der Waals surface area contributed by atoms with Gasteiger partial charge >= 0.3 is 0 Å². The molecule has 0 atom stereocenters. The van der Waals surface area contributed by atoms with Gasteiger partial charge in [-0.15, -0.1) is 0 Å². The van der Waals surface area contributed by atoms with Crippen molar-refractivity contribution in [2.75, 3.05) is 17.7 Å². The number of amides is 2. The topological polar surface area (TPSA) is 80.3 Å². The molecule has 0 bridgehead atoms. The summed E-state index contributed by atoms with van der Waals surface area (Å²) in [6.07, 6.45) is 1.64. The van der Waals surface area contributed by atoms with E-state index in [4.69, 9.17) is 16.3 Å². The molecule has 2 amide bonds. The number of carbonyl (C=O) groups is 2. The third-order valence-electron chi connectivity index (χ3n) is 3.97. The first-order chi connectivity index (χ1) is 13.9. The van der Waals surface area contributed by atoms with Gasteiger partial charge < -0.3 is 15.4 Å². The molecule has 2 aromatic carbocycles. The standard InChI is InChI=1S/C21H17ClFN3O3/c1-29-18-7-6-16(25-20(27)9-13-5-8-19(22)24-12-13)11-17(18)26-21(28)14-3-2-4-15(23)10-14/h2-8,10-12H,9H2,1H3,(H,25,27)(H,26,28). The Bertz CT molecular complexity index is 1040. The molecule has 0 aliphatic rings. The van der Waals surface area contributed by atoms with Gasteiger partial charge in [-0.1, -0.05) is 23.7 Å². The van der Waals surface area contributed by atoms with Crippen molar-refractivity contribution in [1.82, 2.24) is 4.98 Å². The summed E-state index contributed by atoms with van der Waals surface area (Å²) in [6, 6.07) is 13.5. The summed E-state index contributed by atoms with van der Waals surface area (Å²) in [5.74, 6) is -0.878. The van der Waals surface area contributed by atoms with Crippen molar-refractivity contribution in [3.05, 3.63) is 82.9 Å². The number of hydrogen-bond acceptors (Lipinski definition) is 4. The highest BCUT2D eigenvalue weighted by atomic mass is 35.5. The van der Waals surface area contributed by atoms with Crippen LogP contribution < -0.4 is 15.4 Å². The molecule has 0 saturated carbocycles. The molecule has 8 heteroatoms. The normalized spacial score (nSPS) is 10.3. The summed E-state index contributed by atoms with van der Waals surface area (Å²) in [4.78, 5) is 28.6. The lowest BCUT2D eigenvalue weighted by molar-refractivity contribution is -0.115. The number of benzene rings is 2. The van der Waals surface area contributed by atoms with E-state index >= 15 is 0 Å². The summed E-state index contributed by atoms with van der Waals surface area (Å²) in [7, 11) is 1.46. The number of nitrogens with zero attached hydrogens (tertiary/aromatic N) is 1. The SMILES string of the molecule is COc1ccc(NC(=O)Cc2ccc(Cl)nc2)cc1NC(=O)c1cccc(F)c1. The lowest BCUT2D eigenvalue weighted by Crippen LogP contribution is -2.16. The van der Waals surface area contributed by atoms with E-state index in [2.05, 4.69) is 15.6 Å². The maximum atomic E-state index is 13.4. The lowest BCUT2D eigenvalue weighted by Gasteiger charge is -2.13. The lowest BCUT2D eigenvalue weighted by atomic mass is 10.2. The largest absolute Gasteiger partial charge is 0.495 e. The van der Waals surface area contributed by atoms with Crippen LogP contribution in [-0.2, 0) is 11.2 Å². The van der Waals surface area contributed by atoms with E-state index in [1.165, 1.54) is 31.5 Å². The van der Waals surface area contributed by atoms with Gasteiger partial charge in [0.2, 0.25) is 5.91 Å². The van der Waals surface area contributed by atoms with E-state index in [-0.39, 0.29) is 17.9 Å². The zero-order chi connectivity index (χ0) is 20.8. The van der Waals surface area contributed by atoms with Gasteiger partial charge in [0.1, 0.15) is 16.7 Å². The Labute approximate surface area is 171 Å². The monoisotopic (exact) mass is 413 g/mol. The van der Waals surface area contributed by atoms with E-state index in [0.717, 1.165) is 6.07 Å². The van der Waals surface area contributed by atoms with Crippen LogP contribution >= 0.6 is 11.6 Å². The molecule has 0 aliphatic carbocycles. The fraction of sp³-hybridized carbons (Fsp3) is 0.0952. The van der Waals surface area contributed by atoms with Gasteiger partial charge in [0, 0.05) is 17.4 Å². The Morgan fingerprint density at radius 3 is 2.62 bits per heavy atom. The van der Waals surface area contributed by atoms with Crippen LogP contribution in [0.15, 0.2) is 60.8 Å². The van der Waals surface area contributed by atoms with Gasteiger partial charge in [-0.25, -0.2) is 9.37 Å². The summed E-state index contributed by atoms with van der Waals surface area (Å²) in [6.45, 7) is 0. The summed E-state index contributed by atoms with van der Waals surface area (Å²) >= 11 is 5.74. The van der Waals surface area contributed by atoms with Crippen LogP contribution in [-0.4, -0.2) is 23.9 Å². The predicted octanol–water partition coefficient (Wildman–Crippen LogP) is 4.32. The number of aromatic nitrogens is 1. The first-order valence-electron chi connectivity index (χ1n) is 8.60. The van der Waals surface area contributed by atoms with Crippen LogP contribution in [0.3, 0.4) is 0 Å². The summed E-state index contributed by atoms with van der Waals surface area (Å²) in [5.41, 5.74) is 1.68. The second kappa shape index (κ2) is 9.16. The highest BCUT2D eigenvalue weighted by molar-refractivity contribution is 6.29. The molecular weight excluding hydrogens is 397 g/mol. The van der Waals surface area contributed by atoms with Gasteiger partial charge in [-0.05, 0) is 48.0 Å². The first-order valence-corrected chi connectivity index (χ1v) is 8.97. The minimum absolute atomic E-state index is 0.112. The van der Waals surface area contributed by atoms with Gasteiger partial charge in [-0.3, -0.25) is 9.59 Å². The fourth-order valence-electron chi connectivity index (χ4n) is 2.61. The number of ether oxygens (including phenoxy) is 1. The van der Waals surface area contributed by atoms with E-state index in [9.17, 15) is 14.0 Å². The smallest absolute Gasteiger partial charge is 0.255 e. The first kappa shape index (κ1) is 20.3. The maximum Gasteiger partial charge on any atom is 0.255 e. The zero-order valence-corrected chi connectivity index (χ0v) is 16.2. The third kappa shape index (κ3) is 5.52. The molecule has 0 fully saturated rings. The summed E-state index contributed by atoms with van der Waals surface area (Å²) < 4.78 is 18.6. The van der Waals surface area contributed by atoms with Crippen LogP contribution in [0, 0.1) is 5.82 Å². The Morgan fingerprint density at radius 2 is 1.93 bits per heavy atom. The Kier molecular flexibility index (Phi) is 6.41. The highest BCUT2D eigenvalue weighted by Gasteiger charge is 2.13. The van der Waals surface area contributed by atoms with Crippen molar-refractivity contribution in [2.24, 2.45) is 0 Å². The van der Waals surface area contributed by atoms with Gasteiger partial charge in [0.05, 0.1) is 19.2 Å². The number of methoxy groups -OCH3 is 1. The highest BCUT2D eigenvalue weighted by Crippen LogP contribution is 2.28. The van der Waals surface area contributed by atoms with Crippen LogP contribution in [0.1, 0.15) is 15.9 Å². The molecule has 2 N–H and O–H groups in total. The van der Waals surface area contributed by atoms with Gasteiger partial charge in [0.15, 0.2) is 0 Å². The molecule has 0 unspecified atom stereocenters. The van der Waals surface area contributed by atoms with Crippen molar-refractivity contribution in [3.63, 3.8) is 0 Å². The number of hydrogen-bond donors (Lipinski definition) is 2. The zero-order valence-electron chi connectivity index (χ0n) is 15.4. The fourth-order valence-corrected chi connectivity index (χ4v) is 2.72. The molecule has 148 valence electrons. The van der Waals surface area contributed by atoms with Gasteiger partial charge in [0.25, 0.3) is 5.91 Å². The molecule has 1 aromatic heterocycles. The third-order valence-corrected chi connectivity index (χ3v) is 4.20. The predicted molar refractivity (Wildman–Crippen MR) is 109 cm³/mol. The number of nitrogens with one attached hydrogen (secondary N) is 2. The van der Waals surface area contributed by atoms with E-state index in [1.54, 1.807) is 30.3 Å². The molecule has 0 spiro atoms. The van der Waals surface area contributed by atoms with Crippen LogP contribution in [0.5, 0.6) is 5.75 Å². The Morgan fingerprint density at radius 1 is 1.10 bits per heavy atom. The van der Waals surface area contributed by atoms with E-state index in [0.29, 0.717) is 27.8 Å². The molecule has 3 rings (SSSR count). The van der Waals surface area contributed by atoms with Crippen LogP contribution in [0.4, 0.5) is 15.8 Å². The molecule has 0 saturated heterocycles. The van der Waals surface area contributed by atoms with E-state index in [1.807, 2.05) is 0 Å². The van der Waals surface area contributed by atoms with Crippen molar-refractivity contribution in [2.45, 2.75) is 6.42 Å². The van der Waals surface area contributed by atoms with Crippen molar-refractivity contribution in [1.29, 1.82) is 0 Å². The van der Waals surface area contributed by atoms with Crippen molar-refractivity contribution < 1.29 is 18.7 Å². The van der Waals surface area contributed by atoms with Crippen LogP contribution in [0.25, 0.3) is 0 Å². The molecule has 3 aromatic rings. The minimum atomic E-state index is -0.512. The van der Waals surface area contributed by atoms with Crippen molar-refractivity contribution >= 4 is 34.8 Å². The number of pyridine rings is 1. The second-order valence-corrected chi connectivity index (χ2v) is 6.48.